The van der Waals surface area contributed by atoms with Gasteiger partial charge in [-0.05, 0) is 29.8 Å². The van der Waals surface area contributed by atoms with E-state index in [0.29, 0.717) is 36.7 Å². The fourth-order valence-corrected chi connectivity index (χ4v) is 3.73. The number of nitrogens with one attached hydrogen (secondary N) is 1. The number of hydrogen-bond donors (Lipinski definition) is 1. The van der Waals surface area contributed by atoms with Crippen molar-refractivity contribution in [2.45, 2.75) is 26.0 Å². The van der Waals surface area contributed by atoms with Crippen molar-refractivity contribution in [2.75, 3.05) is 5.32 Å². The molecule has 0 spiro atoms. The van der Waals surface area contributed by atoms with Crippen LogP contribution >= 0.6 is 0 Å². The number of amides is 2. The highest BCUT2D eigenvalue weighted by atomic mass is 16.5. The smallest absolute Gasteiger partial charge is 0.271 e. The van der Waals surface area contributed by atoms with Gasteiger partial charge < -0.3 is 14.5 Å². The summed E-state index contributed by atoms with van der Waals surface area (Å²) in [4.78, 5) is 29.6. The van der Waals surface area contributed by atoms with Crippen LogP contribution in [0.25, 0.3) is 5.65 Å². The van der Waals surface area contributed by atoms with Crippen LogP contribution in [0.5, 0.6) is 5.75 Å². The van der Waals surface area contributed by atoms with Gasteiger partial charge in [0.15, 0.2) is 0 Å². The summed E-state index contributed by atoms with van der Waals surface area (Å²) in [6.07, 6.45) is 4.41. The molecule has 3 heterocycles. The molecule has 0 aliphatic carbocycles. The highest BCUT2D eigenvalue weighted by molar-refractivity contribution is 6.43. The van der Waals surface area contributed by atoms with E-state index in [4.69, 9.17) is 4.74 Å². The van der Waals surface area contributed by atoms with E-state index >= 15 is 0 Å². The molecule has 0 bridgehead atoms. The highest BCUT2D eigenvalue weighted by Gasteiger charge is 2.24. The number of hydrazone groups is 1. The predicted octanol–water partition coefficient (Wildman–Crippen LogP) is 4.03. The topological polar surface area (TPSA) is 88.3 Å². The molecule has 0 saturated carbocycles. The van der Waals surface area contributed by atoms with Gasteiger partial charge in [0, 0.05) is 37.0 Å². The Morgan fingerprint density at radius 3 is 2.71 bits per heavy atom. The average Bonchev–Trinajstić information content (AvgIpc) is 3.28. The molecule has 4 aromatic rings. The van der Waals surface area contributed by atoms with E-state index in [1.165, 1.54) is 5.01 Å². The number of nitrogens with zero attached hydrogens (tertiary/aromatic N) is 4. The van der Waals surface area contributed by atoms with Gasteiger partial charge in [-0.25, -0.2) is 9.99 Å². The van der Waals surface area contributed by atoms with Gasteiger partial charge in [-0.15, -0.1) is 0 Å². The fourth-order valence-electron chi connectivity index (χ4n) is 3.73. The third-order valence-corrected chi connectivity index (χ3v) is 5.43. The molecule has 2 aromatic carbocycles. The predicted molar refractivity (Wildman–Crippen MR) is 128 cm³/mol. The van der Waals surface area contributed by atoms with Gasteiger partial charge in [0.1, 0.15) is 23.7 Å². The van der Waals surface area contributed by atoms with E-state index in [1.54, 1.807) is 12.1 Å². The lowest BCUT2D eigenvalue weighted by Gasteiger charge is -2.23. The van der Waals surface area contributed by atoms with Crippen LogP contribution in [0.4, 0.5) is 5.69 Å². The number of hydrogen-bond acceptors (Lipinski definition) is 5. The third kappa shape index (κ3) is 4.96. The van der Waals surface area contributed by atoms with Crippen molar-refractivity contribution in [1.82, 2.24) is 14.4 Å². The van der Waals surface area contributed by atoms with E-state index in [2.05, 4.69) is 15.4 Å². The second-order valence-corrected chi connectivity index (χ2v) is 7.95. The standard InChI is InChI=1S/C26H23N5O3/c32-25-13-12-23(29-31(25)16-19-7-2-1-3-8-19)26(33)28-20-9-6-10-22(15-20)34-18-21-17-30-14-5-4-11-24(30)27-21/h1-11,14-15,17H,12-13,16,18H2,(H,28,33). The molecule has 2 amide bonds. The fraction of sp³-hybridized carbons (Fsp3) is 0.154. The van der Waals surface area contributed by atoms with Crippen molar-refractivity contribution in [3.63, 3.8) is 0 Å². The van der Waals surface area contributed by atoms with Crippen molar-refractivity contribution in [3.8, 4) is 5.75 Å². The molecule has 2 aromatic heterocycles. The lowest BCUT2D eigenvalue weighted by Crippen LogP contribution is -2.36. The van der Waals surface area contributed by atoms with Crippen molar-refractivity contribution >= 4 is 28.9 Å². The summed E-state index contributed by atoms with van der Waals surface area (Å²) in [5, 5.41) is 8.55. The molecule has 0 radical (unpaired) electrons. The van der Waals surface area contributed by atoms with Gasteiger partial charge in [0.2, 0.25) is 5.91 Å². The van der Waals surface area contributed by atoms with E-state index < -0.39 is 0 Å². The Morgan fingerprint density at radius 1 is 1.00 bits per heavy atom. The van der Waals surface area contributed by atoms with Gasteiger partial charge in [-0.2, -0.15) is 5.10 Å². The molecular formula is C26H23N5O3. The third-order valence-electron chi connectivity index (χ3n) is 5.43. The van der Waals surface area contributed by atoms with Crippen LogP contribution in [0.2, 0.25) is 0 Å². The summed E-state index contributed by atoms with van der Waals surface area (Å²) in [5.41, 5.74) is 3.53. The largest absolute Gasteiger partial charge is 0.487 e. The van der Waals surface area contributed by atoms with Crippen LogP contribution in [0.1, 0.15) is 24.1 Å². The van der Waals surface area contributed by atoms with Gasteiger partial charge in [-0.3, -0.25) is 9.59 Å². The number of pyridine rings is 1. The summed E-state index contributed by atoms with van der Waals surface area (Å²) >= 11 is 0. The Balaban J connectivity index is 1.23. The summed E-state index contributed by atoms with van der Waals surface area (Å²) in [7, 11) is 0. The number of carbonyl (C=O) groups excluding carboxylic acids is 2. The van der Waals surface area contributed by atoms with E-state index in [9.17, 15) is 9.59 Å². The maximum atomic E-state index is 12.8. The molecule has 170 valence electrons. The monoisotopic (exact) mass is 453 g/mol. The highest BCUT2D eigenvalue weighted by Crippen LogP contribution is 2.20. The lowest BCUT2D eigenvalue weighted by molar-refractivity contribution is -0.132. The van der Waals surface area contributed by atoms with E-state index in [-0.39, 0.29) is 18.2 Å². The zero-order valence-electron chi connectivity index (χ0n) is 18.4. The Morgan fingerprint density at radius 2 is 1.85 bits per heavy atom. The Hall–Kier alpha value is -4.46. The van der Waals surface area contributed by atoms with Gasteiger partial charge in [-0.1, -0.05) is 42.5 Å². The minimum Gasteiger partial charge on any atom is -0.487 e. The number of carbonyl (C=O) groups is 2. The molecule has 0 saturated heterocycles. The van der Waals surface area contributed by atoms with Crippen LogP contribution in [0.3, 0.4) is 0 Å². The van der Waals surface area contributed by atoms with E-state index in [0.717, 1.165) is 16.9 Å². The number of anilines is 1. The quantitative estimate of drug-likeness (QED) is 0.458. The minimum atomic E-state index is -0.330. The number of imidazole rings is 1. The Bertz CT molecular complexity index is 1330. The average molecular weight is 454 g/mol. The second-order valence-electron chi connectivity index (χ2n) is 7.95. The summed E-state index contributed by atoms with van der Waals surface area (Å²) < 4.78 is 7.81. The minimum absolute atomic E-state index is 0.0947. The van der Waals surface area contributed by atoms with Crippen LogP contribution < -0.4 is 10.1 Å². The SMILES string of the molecule is O=C(Nc1cccc(OCc2cn3ccccc3n2)c1)C1=NN(Cc2ccccc2)C(=O)CC1. The molecule has 34 heavy (non-hydrogen) atoms. The number of fused-ring (bicyclic) bond motifs is 1. The second kappa shape index (κ2) is 9.58. The number of benzene rings is 2. The maximum Gasteiger partial charge on any atom is 0.271 e. The first kappa shape index (κ1) is 21.4. The first-order valence-corrected chi connectivity index (χ1v) is 11.0. The molecule has 1 aliphatic heterocycles. The van der Waals surface area contributed by atoms with Crippen LogP contribution in [0.15, 0.2) is 90.3 Å². The Labute approximate surface area is 196 Å². The lowest BCUT2D eigenvalue weighted by atomic mass is 10.1. The molecule has 0 fully saturated rings. The Kier molecular flexibility index (Phi) is 6.03. The summed E-state index contributed by atoms with van der Waals surface area (Å²) in [5.74, 6) is 0.187. The summed E-state index contributed by atoms with van der Waals surface area (Å²) in [6.45, 7) is 0.644. The van der Waals surface area contributed by atoms with Crippen LogP contribution in [0, 0.1) is 0 Å². The molecule has 1 aliphatic rings. The van der Waals surface area contributed by atoms with Crippen molar-refractivity contribution in [3.05, 3.63) is 96.4 Å². The molecule has 5 rings (SSSR count). The zero-order chi connectivity index (χ0) is 23.3. The maximum absolute atomic E-state index is 12.8. The number of aromatic nitrogens is 2. The molecule has 0 atom stereocenters. The van der Waals surface area contributed by atoms with Gasteiger partial charge >= 0.3 is 0 Å². The van der Waals surface area contributed by atoms with Crippen molar-refractivity contribution in [1.29, 1.82) is 0 Å². The molecule has 8 heteroatoms. The van der Waals surface area contributed by atoms with Crippen LogP contribution in [-0.4, -0.2) is 31.9 Å². The number of rotatable bonds is 7. The van der Waals surface area contributed by atoms with E-state index in [1.807, 2.05) is 77.5 Å². The number of ether oxygens (including phenoxy) is 1. The van der Waals surface area contributed by atoms with Crippen molar-refractivity contribution < 1.29 is 14.3 Å². The molecular weight excluding hydrogens is 430 g/mol. The molecule has 1 N–H and O–H groups in total. The zero-order valence-corrected chi connectivity index (χ0v) is 18.4. The molecule has 0 unspecified atom stereocenters. The van der Waals surface area contributed by atoms with Crippen molar-refractivity contribution in [2.24, 2.45) is 5.10 Å². The van der Waals surface area contributed by atoms with Crippen LogP contribution in [-0.2, 0) is 22.7 Å². The van der Waals surface area contributed by atoms with Gasteiger partial charge in [0.05, 0.1) is 12.2 Å². The molecule has 8 nitrogen and oxygen atoms in total. The van der Waals surface area contributed by atoms with Gasteiger partial charge in [0.25, 0.3) is 5.91 Å². The summed E-state index contributed by atoms with van der Waals surface area (Å²) in [6, 6.07) is 22.6. The first-order valence-electron chi connectivity index (χ1n) is 11.0. The first-order chi connectivity index (χ1) is 16.6. The normalized spacial score (nSPS) is 13.6.